The fourth-order valence-electron chi connectivity index (χ4n) is 5.85. The van der Waals surface area contributed by atoms with Gasteiger partial charge < -0.3 is 20.1 Å². The number of rotatable bonds is 6. The van der Waals surface area contributed by atoms with Crippen LogP contribution in [-0.2, 0) is 33.4 Å². The number of allylic oxidation sites excluding steroid dienone is 1. The highest BCUT2D eigenvalue weighted by Crippen LogP contribution is 2.21. The van der Waals surface area contributed by atoms with Crippen molar-refractivity contribution in [1.82, 2.24) is 26.1 Å². The number of esters is 1. The molecule has 0 spiro atoms. The fourth-order valence-corrected chi connectivity index (χ4v) is 5.99. The van der Waals surface area contributed by atoms with E-state index < -0.39 is 41.2 Å². The third kappa shape index (κ3) is 11.3. The molecule has 1 aromatic heterocycles. The van der Waals surface area contributed by atoms with Crippen LogP contribution in [0.5, 0.6) is 0 Å². The number of carbonyl (C=O) groups is 5. The van der Waals surface area contributed by atoms with Crippen molar-refractivity contribution in [2.45, 2.75) is 109 Å². The largest absolute Gasteiger partial charge is 0.452 e. The van der Waals surface area contributed by atoms with E-state index >= 15 is 0 Å². The van der Waals surface area contributed by atoms with E-state index in [2.05, 4.69) is 16.1 Å². The SMILES string of the molecule is CC(C)[C@@H]1OC(=O)CC[C@H](OCCCC(=O)Cl)CC/C=C/c2ccc3ccc(nc3c2)[C@@H](C)NC(=O)[C@@H]2CCCN(N2)C(=O)[C@H](C)NC1=O. The molecule has 3 heterocycles. The molecule has 0 radical (unpaired) electrons. The van der Waals surface area contributed by atoms with Crippen LogP contribution >= 0.6 is 11.6 Å². The van der Waals surface area contributed by atoms with Gasteiger partial charge in [0.1, 0.15) is 12.1 Å². The standard InChI is InChI=1S/C36H48ClN5O7/c1-22(2)33-35(46)39-24(4)36(47)42-19-7-11-29(41-42)34(45)38-23(3)28-17-15-26-14-13-25(21-30(26)40-28)9-5-6-10-27(16-18-32(44)49-33)48-20-8-12-31(37)43/h5,9,13-15,17,21-24,27,29,33,41H,6-8,10-12,16,18-20H2,1-4H3,(H,38,45)(H,39,46)/b9-5+/t23-,24+,27-,29+,33+/m1/s1. The number of cyclic esters (lactones) is 1. The van der Waals surface area contributed by atoms with Gasteiger partial charge in [-0.2, -0.15) is 0 Å². The van der Waals surface area contributed by atoms with Gasteiger partial charge in [0.05, 0.1) is 23.4 Å². The Morgan fingerprint density at radius 2 is 1.80 bits per heavy atom. The van der Waals surface area contributed by atoms with Crippen molar-refractivity contribution in [3.8, 4) is 0 Å². The molecule has 2 aliphatic rings. The van der Waals surface area contributed by atoms with Crippen LogP contribution in [0.3, 0.4) is 0 Å². The molecular weight excluding hydrogens is 650 g/mol. The highest BCUT2D eigenvalue weighted by molar-refractivity contribution is 6.63. The summed E-state index contributed by atoms with van der Waals surface area (Å²) >= 11 is 5.48. The summed E-state index contributed by atoms with van der Waals surface area (Å²) in [5, 5.41) is 7.62. The maximum atomic E-state index is 13.4. The summed E-state index contributed by atoms with van der Waals surface area (Å²) in [5.41, 5.74) is 5.49. The predicted molar refractivity (Wildman–Crippen MR) is 186 cm³/mol. The zero-order valence-electron chi connectivity index (χ0n) is 28.7. The minimum atomic E-state index is -1.10. The molecular formula is C36H48ClN5O7. The summed E-state index contributed by atoms with van der Waals surface area (Å²) in [4.78, 5) is 68.9. The Hall–Kier alpha value is -3.87. The Morgan fingerprint density at radius 1 is 1.04 bits per heavy atom. The van der Waals surface area contributed by atoms with Crippen LogP contribution in [0.2, 0.25) is 0 Å². The number of hydrogen-bond acceptors (Lipinski definition) is 9. The first-order valence-corrected chi connectivity index (χ1v) is 17.5. The van der Waals surface area contributed by atoms with Gasteiger partial charge in [0.25, 0.3) is 11.8 Å². The lowest BCUT2D eigenvalue weighted by atomic mass is 10.0. The van der Waals surface area contributed by atoms with Crippen molar-refractivity contribution in [2.75, 3.05) is 13.2 Å². The Morgan fingerprint density at radius 3 is 2.55 bits per heavy atom. The second kappa shape index (κ2) is 18.2. The number of nitrogens with one attached hydrogen (secondary N) is 3. The number of benzene rings is 1. The van der Waals surface area contributed by atoms with E-state index in [4.69, 9.17) is 26.1 Å². The van der Waals surface area contributed by atoms with Crippen molar-refractivity contribution in [1.29, 1.82) is 0 Å². The third-order valence-electron chi connectivity index (χ3n) is 8.67. The summed E-state index contributed by atoms with van der Waals surface area (Å²) in [6.07, 6.45) is 6.10. The summed E-state index contributed by atoms with van der Waals surface area (Å²) in [6, 6.07) is 7.91. The summed E-state index contributed by atoms with van der Waals surface area (Å²) < 4.78 is 11.7. The minimum absolute atomic E-state index is 0.0199. The van der Waals surface area contributed by atoms with E-state index in [1.807, 2.05) is 49.4 Å². The Labute approximate surface area is 292 Å². The van der Waals surface area contributed by atoms with E-state index in [1.165, 1.54) is 5.01 Å². The number of aromatic nitrogens is 1. The second-order valence-corrected chi connectivity index (χ2v) is 13.5. The number of ether oxygens (including phenoxy) is 2. The average molecular weight is 698 g/mol. The van der Waals surface area contributed by atoms with Crippen molar-refractivity contribution in [3.63, 3.8) is 0 Å². The average Bonchev–Trinajstić information content (AvgIpc) is 3.07. The quantitative estimate of drug-likeness (QED) is 0.225. The molecule has 5 atom stereocenters. The number of halogens is 1. The van der Waals surface area contributed by atoms with Crippen molar-refractivity contribution < 1.29 is 33.4 Å². The third-order valence-corrected chi connectivity index (χ3v) is 8.86. The smallest absolute Gasteiger partial charge is 0.306 e. The first-order chi connectivity index (χ1) is 23.4. The Bertz CT molecular complexity index is 1530. The number of carbonyl (C=O) groups excluding carboxylic acids is 5. The van der Waals surface area contributed by atoms with Crippen molar-refractivity contribution >= 4 is 57.5 Å². The minimum Gasteiger partial charge on any atom is -0.452 e. The molecule has 0 saturated carbocycles. The molecule has 2 aliphatic heterocycles. The maximum absolute atomic E-state index is 13.4. The van der Waals surface area contributed by atoms with E-state index in [9.17, 15) is 24.0 Å². The number of fused-ring (bicyclic) bond motifs is 4. The van der Waals surface area contributed by atoms with Crippen molar-refractivity contribution in [3.05, 3.63) is 47.7 Å². The van der Waals surface area contributed by atoms with Crippen LogP contribution in [0.4, 0.5) is 0 Å². The molecule has 3 amide bonds. The van der Waals surface area contributed by atoms with E-state index in [0.717, 1.165) is 16.5 Å². The number of nitrogens with zero attached hydrogens (tertiary/aromatic N) is 2. The van der Waals surface area contributed by atoms with Crippen LogP contribution in [-0.4, -0.2) is 76.4 Å². The molecule has 5 bridgehead atoms. The highest BCUT2D eigenvalue weighted by atomic mass is 35.5. The van der Waals surface area contributed by atoms with Crippen LogP contribution < -0.4 is 16.1 Å². The molecule has 266 valence electrons. The van der Waals surface area contributed by atoms with Gasteiger partial charge in [-0.3, -0.25) is 34.0 Å². The van der Waals surface area contributed by atoms with Crippen LogP contribution in [0.25, 0.3) is 17.0 Å². The first kappa shape index (κ1) is 37.9. The Kier molecular flexibility index (Phi) is 14.1. The molecule has 3 N–H and O–H groups in total. The zero-order valence-corrected chi connectivity index (χ0v) is 29.5. The number of hydrazine groups is 1. The van der Waals surface area contributed by atoms with E-state index in [0.29, 0.717) is 57.4 Å². The van der Waals surface area contributed by atoms with Gasteiger partial charge in [0, 0.05) is 31.4 Å². The van der Waals surface area contributed by atoms with E-state index in [1.54, 1.807) is 20.8 Å². The summed E-state index contributed by atoms with van der Waals surface area (Å²) in [5.74, 6) is -2.15. The van der Waals surface area contributed by atoms with Crippen molar-refractivity contribution in [2.24, 2.45) is 5.92 Å². The highest BCUT2D eigenvalue weighted by Gasteiger charge is 2.34. The summed E-state index contributed by atoms with van der Waals surface area (Å²) in [6.45, 7) is 7.64. The van der Waals surface area contributed by atoms with Crippen LogP contribution in [0.1, 0.15) is 96.4 Å². The predicted octanol–water partition coefficient (Wildman–Crippen LogP) is 4.50. The lowest BCUT2D eigenvalue weighted by Gasteiger charge is -2.35. The molecule has 4 rings (SSSR count). The molecule has 0 aliphatic carbocycles. The van der Waals surface area contributed by atoms with Gasteiger partial charge in [-0.1, -0.05) is 44.2 Å². The topological polar surface area (TPSA) is 156 Å². The lowest BCUT2D eigenvalue weighted by Crippen LogP contribution is -2.61. The van der Waals surface area contributed by atoms with Gasteiger partial charge >= 0.3 is 5.97 Å². The molecule has 2 aromatic rings. The van der Waals surface area contributed by atoms with Gasteiger partial charge in [0.15, 0.2) is 6.10 Å². The molecule has 1 saturated heterocycles. The number of pyridine rings is 1. The normalized spacial score (nSPS) is 25.8. The molecule has 13 heteroatoms. The number of amides is 3. The lowest BCUT2D eigenvalue weighted by molar-refractivity contribution is -0.160. The monoisotopic (exact) mass is 697 g/mol. The summed E-state index contributed by atoms with van der Waals surface area (Å²) in [7, 11) is 0. The van der Waals surface area contributed by atoms with Gasteiger partial charge in [-0.05, 0) is 87.6 Å². The molecule has 1 aromatic carbocycles. The zero-order chi connectivity index (χ0) is 35.5. The van der Waals surface area contributed by atoms with Gasteiger partial charge in [-0.15, -0.1) is 0 Å². The number of hydrogen-bond donors (Lipinski definition) is 3. The van der Waals surface area contributed by atoms with Crippen LogP contribution in [0, 0.1) is 5.92 Å². The first-order valence-electron chi connectivity index (χ1n) is 17.2. The van der Waals surface area contributed by atoms with Gasteiger partial charge in [0.2, 0.25) is 11.1 Å². The van der Waals surface area contributed by atoms with Gasteiger partial charge in [-0.25, -0.2) is 5.43 Å². The molecule has 12 nitrogen and oxygen atoms in total. The maximum Gasteiger partial charge on any atom is 0.306 e. The van der Waals surface area contributed by atoms with E-state index in [-0.39, 0.29) is 36.8 Å². The van der Waals surface area contributed by atoms with Crippen LogP contribution in [0.15, 0.2) is 36.4 Å². The fraction of sp³-hybridized carbons (Fsp3) is 0.556. The second-order valence-electron chi connectivity index (χ2n) is 13.1. The molecule has 0 unspecified atom stereocenters. The Balaban J connectivity index is 1.56. The molecule has 1 fully saturated rings. The molecule has 49 heavy (non-hydrogen) atoms.